The first-order valence-electron chi connectivity index (χ1n) is 8.52. The maximum absolute atomic E-state index is 10.3. The van der Waals surface area contributed by atoms with Crippen molar-refractivity contribution in [1.82, 2.24) is 0 Å². The number of rotatable bonds is 6. The van der Waals surface area contributed by atoms with Gasteiger partial charge in [-0.3, -0.25) is 0 Å². The lowest BCUT2D eigenvalue weighted by molar-refractivity contribution is 0.289. The van der Waals surface area contributed by atoms with E-state index < -0.39 is 0 Å². The molecule has 0 amide bonds. The van der Waals surface area contributed by atoms with E-state index in [1.807, 2.05) is 68.4 Å². The third kappa shape index (κ3) is 3.45. The van der Waals surface area contributed by atoms with Crippen LogP contribution < -0.4 is 9.47 Å². The monoisotopic (exact) mass is 334 g/mol. The van der Waals surface area contributed by atoms with Gasteiger partial charge in [0.25, 0.3) is 0 Å². The summed E-state index contributed by atoms with van der Waals surface area (Å²) in [5.41, 5.74) is 3.59. The lowest BCUT2D eigenvalue weighted by Crippen LogP contribution is -2.02. The summed E-state index contributed by atoms with van der Waals surface area (Å²) in [4.78, 5) is 0. The maximum Gasteiger partial charge on any atom is 0.169 e. The molecule has 0 radical (unpaired) electrons. The van der Waals surface area contributed by atoms with E-state index in [-0.39, 0.29) is 5.75 Å². The number of para-hydroxylation sites is 1. The van der Waals surface area contributed by atoms with Crippen LogP contribution in [0.15, 0.2) is 66.7 Å². The molecule has 0 fully saturated rings. The number of benzene rings is 3. The minimum Gasteiger partial charge on any atom is -0.507 e. The van der Waals surface area contributed by atoms with Gasteiger partial charge in [-0.25, -0.2) is 0 Å². The fourth-order valence-electron chi connectivity index (χ4n) is 2.90. The maximum atomic E-state index is 10.3. The van der Waals surface area contributed by atoms with Crippen LogP contribution in [0.2, 0.25) is 0 Å². The van der Waals surface area contributed by atoms with E-state index in [1.165, 1.54) is 0 Å². The standard InChI is InChI=1S/C22H22O3/c1-3-24-21-17(16-10-6-5-7-11-16)14-15-19(22(21)25-4-2)18-12-8-9-13-20(18)23/h5-15,23H,3-4H2,1-2H3. The van der Waals surface area contributed by atoms with Gasteiger partial charge >= 0.3 is 0 Å². The summed E-state index contributed by atoms with van der Waals surface area (Å²) < 4.78 is 11.9. The van der Waals surface area contributed by atoms with Crippen LogP contribution in [0.4, 0.5) is 0 Å². The Balaban J connectivity index is 2.25. The number of aromatic hydroxyl groups is 1. The van der Waals surface area contributed by atoms with Gasteiger partial charge in [-0.15, -0.1) is 0 Å². The van der Waals surface area contributed by atoms with Crippen LogP contribution in [-0.4, -0.2) is 18.3 Å². The lowest BCUT2D eigenvalue weighted by Gasteiger charge is -2.19. The fraction of sp³-hybridized carbons (Fsp3) is 0.182. The van der Waals surface area contributed by atoms with Gasteiger partial charge in [0.1, 0.15) is 5.75 Å². The summed E-state index contributed by atoms with van der Waals surface area (Å²) in [6.07, 6.45) is 0. The second-order valence-corrected chi connectivity index (χ2v) is 5.57. The summed E-state index contributed by atoms with van der Waals surface area (Å²) >= 11 is 0. The average Bonchev–Trinajstić information content (AvgIpc) is 2.65. The Morgan fingerprint density at radius 2 is 1.20 bits per heavy atom. The molecule has 0 aliphatic carbocycles. The Bertz CT molecular complexity index is 841. The summed E-state index contributed by atoms with van der Waals surface area (Å²) in [6, 6.07) is 21.4. The van der Waals surface area contributed by atoms with Crippen molar-refractivity contribution in [3.05, 3.63) is 66.7 Å². The molecule has 3 aromatic rings. The molecule has 0 bridgehead atoms. The normalized spacial score (nSPS) is 10.5. The molecule has 1 N–H and O–H groups in total. The van der Waals surface area contributed by atoms with E-state index in [0.29, 0.717) is 24.7 Å². The zero-order valence-electron chi connectivity index (χ0n) is 14.5. The van der Waals surface area contributed by atoms with Gasteiger partial charge in [0, 0.05) is 16.7 Å². The minimum absolute atomic E-state index is 0.221. The van der Waals surface area contributed by atoms with Gasteiger partial charge < -0.3 is 14.6 Å². The van der Waals surface area contributed by atoms with Crippen LogP contribution >= 0.6 is 0 Å². The smallest absolute Gasteiger partial charge is 0.169 e. The van der Waals surface area contributed by atoms with Gasteiger partial charge in [-0.2, -0.15) is 0 Å². The van der Waals surface area contributed by atoms with Crippen LogP contribution in [0.3, 0.4) is 0 Å². The van der Waals surface area contributed by atoms with Crippen molar-refractivity contribution in [3.8, 4) is 39.5 Å². The topological polar surface area (TPSA) is 38.7 Å². The molecule has 0 aromatic heterocycles. The Morgan fingerprint density at radius 1 is 0.640 bits per heavy atom. The number of hydrogen-bond donors (Lipinski definition) is 1. The quantitative estimate of drug-likeness (QED) is 0.645. The van der Waals surface area contributed by atoms with E-state index in [4.69, 9.17) is 9.47 Å². The van der Waals surface area contributed by atoms with Crippen LogP contribution in [-0.2, 0) is 0 Å². The van der Waals surface area contributed by atoms with Crippen LogP contribution in [0.25, 0.3) is 22.3 Å². The summed E-state index contributed by atoms with van der Waals surface area (Å²) in [7, 11) is 0. The highest BCUT2D eigenvalue weighted by atomic mass is 16.5. The molecule has 3 rings (SSSR count). The predicted molar refractivity (Wildman–Crippen MR) is 101 cm³/mol. The van der Waals surface area contributed by atoms with E-state index in [2.05, 4.69) is 0 Å². The third-order valence-electron chi connectivity index (χ3n) is 3.97. The zero-order valence-corrected chi connectivity index (χ0v) is 14.5. The van der Waals surface area contributed by atoms with Crippen LogP contribution in [0.1, 0.15) is 13.8 Å². The molecule has 0 unspecified atom stereocenters. The highest BCUT2D eigenvalue weighted by molar-refractivity contribution is 5.85. The second-order valence-electron chi connectivity index (χ2n) is 5.57. The molecule has 25 heavy (non-hydrogen) atoms. The van der Waals surface area contributed by atoms with E-state index in [0.717, 1.165) is 22.3 Å². The molecule has 3 aromatic carbocycles. The Labute approximate surface area is 148 Å². The molecular formula is C22H22O3. The number of phenols is 1. The zero-order chi connectivity index (χ0) is 17.6. The SMILES string of the molecule is CCOc1c(-c2ccccc2)ccc(-c2ccccc2O)c1OCC. The minimum atomic E-state index is 0.221. The van der Waals surface area contributed by atoms with Gasteiger partial charge in [0.2, 0.25) is 0 Å². The highest BCUT2D eigenvalue weighted by Crippen LogP contribution is 2.46. The van der Waals surface area contributed by atoms with E-state index >= 15 is 0 Å². The first-order chi connectivity index (χ1) is 12.3. The van der Waals surface area contributed by atoms with Crippen molar-refractivity contribution in [2.75, 3.05) is 13.2 Å². The Morgan fingerprint density at radius 3 is 1.84 bits per heavy atom. The first kappa shape index (κ1) is 16.9. The van der Waals surface area contributed by atoms with E-state index in [9.17, 15) is 5.11 Å². The van der Waals surface area contributed by atoms with E-state index in [1.54, 1.807) is 12.1 Å². The number of ether oxygens (including phenoxy) is 2. The summed E-state index contributed by atoms with van der Waals surface area (Å²) in [5, 5.41) is 10.3. The van der Waals surface area contributed by atoms with Crippen LogP contribution in [0.5, 0.6) is 17.2 Å². The molecule has 128 valence electrons. The van der Waals surface area contributed by atoms with Crippen molar-refractivity contribution in [3.63, 3.8) is 0 Å². The van der Waals surface area contributed by atoms with Crippen molar-refractivity contribution in [2.45, 2.75) is 13.8 Å². The molecule has 3 nitrogen and oxygen atoms in total. The van der Waals surface area contributed by atoms with Gasteiger partial charge in [0.05, 0.1) is 13.2 Å². The van der Waals surface area contributed by atoms with Gasteiger partial charge in [0.15, 0.2) is 11.5 Å². The molecule has 0 atom stereocenters. The van der Waals surface area contributed by atoms with Crippen molar-refractivity contribution >= 4 is 0 Å². The predicted octanol–water partition coefficient (Wildman–Crippen LogP) is 5.52. The van der Waals surface area contributed by atoms with Gasteiger partial charge in [-0.1, -0.05) is 48.5 Å². The average molecular weight is 334 g/mol. The van der Waals surface area contributed by atoms with Gasteiger partial charge in [-0.05, 0) is 37.6 Å². The Hall–Kier alpha value is -2.94. The number of phenolic OH excluding ortho intramolecular Hbond substituents is 1. The van der Waals surface area contributed by atoms with Crippen molar-refractivity contribution in [2.24, 2.45) is 0 Å². The molecule has 0 aliphatic rings. The molecular weight excluding hydrogens is 312 g/mol. The molecule has 0 spiro atoms. The van der Waals surface area contributed by atoms with Crippen molar-refractivity contribution < 1.29 is 14.6 Å². The fourth-order valence-corrected chi connectivity index (χ4v) is 2.90. The molecule has 0 aliphatic heterocycles. The molecule has 0 saturated heterocycles. The lowest BCUT2D eigenvalue weighted by atomic mass is 9.97. The summed E-state index contributed by atoms with van der Waals surface area (Å²) in [5.74, 6) is 1.59. The second kappa shape index (κ2) is 7.75. The molecule has 0 heterocycles. The Kier molecular flexibility index (Phi) is 5.24. The third-order valence-corrected chi connectivity index (χ3v) is 3.97. The summed E-state index contributed by atoms with van der Waals surface area (Å²) in [6.45, 7) is 4.94. The molecule has 3 heteroatoms. The number of hydrogen-bond acceptors (Lipinski definition) is 3. The highest BCUT2D eigenvalue weighted by Gasteiger charge is 2.19. The van der Waals surface area contributed by atoms with Crippen molar-refractivity contribution in [1.29, 1.82) is 0 Å². The largest absolute Gasteiger partial charge is 0.507 e. The van der Waals surface area contributed by atoms with Crippen LogP contribution in [0, 0.1) is 0 Å². The first-order valence-corrected chi connectivity index (χ1v) is 8.52. The molecule has 0 saturated carbocycles.